The molecule has 7 heteroatoms. The highest BCUT2D eigenvalue weighted by molar-refractivity contribution is 6.32. The minimum absolute atomic E-state index is 0.187. The third kappa shape index (κ3) is 2.64. The molecule has 2 bridgehead atoms. The van der Waals surface area contributed by atoms with Gasteiger partial charge in [0.25, 0.3) is 0 Å². The number of piperidine rings is 1. The molecule has 4 saturated heterocycles. The SMILES string of the molecule is CC1CN(c2cc(N3CC4CC(C3)O4)nnc2Cl)CC(C)O1. The van der Waals surface area contributed by atoms with E-state index in [9.17, 15) is 0 Å². The van der Waals surface area contributed by atoms with Gasteiger partial charge in [-0.05, 0) is 13.8 Å². The minimum Gasteiger partial charge on any atom is -0.372 e. The molecule has 4 atom stereocenters. The molecule has 0 N–H and O–H groups in total. The number of aromatic nitrogens is 2. The summed E-state index contributed by atoms with van der Waals surface area (Å²) in [7, 11) is 0. The predicted octanol–water partition coefficient (Wildman–Crippen LogP) is 1.72. The van der Waals surface area contributed by atoms with E-state index in [1.807, 2.05) is 0 Å². The van der Waals surface area contributed by atoms with Crippen LogP contribution in [0.3, 0.4) is 0 Å². The first-order chi connectivity index (χ1) is 10.6. The Kier molecular flexibility index (Phi) is 3.63. The lowest BCUT2D eigenvalue weighted by atomic mass is 9.99. The normalized spacial score (nSPS) is 34.5. The maximum Gasteiger partial charge on any atom is 0.175 e. The van der Waals surface area contributed by atoms with Crippen molar-refractivity contribution >= 4 is 23.1 Å². The van der Waals surface area contributed by atoms with E-state index < -0.39 is 0 Å². The van der Waals surface area contributed by atoms with Crippen LogP contribution in [0, 0.1) is 0 Å². The smallest absolute Gasteiger partial charge is 0.175 e. The van der Waals surface area contributed by atoms with Crippen LogP contribution < -0.4 is 9.80 Å². The zero-order valence-electron chi connectivity index (χ0n) is 12.9. The monoisotopic (exact) mass is 324 g/mol. The molecule has 120 valence electrons. The van der Waals surface area contributed by atoms with Crippen LogP contribution in [-0.4, -0.2) is 60.8 Å². The van der Waals surface area contributed by atoms with E-state index in [4.69, 9.17) is 21.1 Å². The lowest BCUT2D eigenvalue weighted by molar-refractivity contribution is -0.133. The Morgan fingerprint density at radius 1 is 1.00 bits per heavy atom. The molecule has 5 heterocycles. The van der Waals surface area contributed by atoms with Gasteiger partial charge in [0.2, 0.25) is 0 Å². The van der Waals surface area contributed by atoms with Gasteiger partial charge in [0, 0.05) is 38.7 Å². The number of fused-ring (bicyclic) bond motifs is 2. The van der Waals surface area contributed by atoms with Crippen molar-refractivity contribution in [2.45, 2.75) is 44.7 Å². The molecule has 1 aromatic rings. The Morgan fingerprint density at radius 3 is 2.27 bits per heavy atom. The van der Waals surface area contributed by atoms with Crippen molar-refractivity contribution in [3.05, 3.63) is 11.2 Å². The van der Waals surface area contributed by atoms with E-state index in [0.717, 1.165) is 37.7 Å². The number of rotatable bonds is 2. The van der Waals surface area contributed by atoms with Gasteiger partial charge in [0.1, 0.15) is 0 Å². The molecule has 4 unspecified atom stereocenters. The average molecular weight is 325 g/mol. The fraction of sp³-hybridized carbons (Fsp3) is 0.733. The van der Waals surface area contributed by atoms with Gasteiger partial charge in [-0.15, -0.1) is 10.2 Å². The fourth-order valence-electron chi connectivity index (χ4n) is 3.65. The van der Waals surface area contributed by atoms with E-state index in [0.29, 0.717) is 17.4 Å². The van der Waals surface area contributed by atoms with E-state index in [2.05, 4.69) is 39.9 Å². The van der Waals surface area contributed by atoms with Gasteiger partial charge in [-0.25, -0.2) is 0 Å². The molecular weight excluding hydrogens is 304 g/mol. The number of ether oxygens (including phenoxy) is 2. The molecule has 0 saturated carbocycles. The summed E-state index contributed by atoms with van der Waals surface area (Å²) in [4.78, 5) is 4.50. The molecule has 0 radical (unpaired) electrons. The van der Waals surface area contributed by atoms with Gasteiger partial charge in [-0.1, -0.05) is 11.6 Å². The molecule has 4 fully saturated rings. The Bertz CT molecular complexity index is 546. The maximum absolute atomic E-state index is 6.30. The van der Waals surface area contributed by atoms with Crippen LogP contribution in [0.4, 0.5) is 11.5 Å². The molecule has 22 heavy (non-hydrogen) atoms. The summed E-state index contributed by atoms with van der Waals surface area (Å²) in [5, 5.41) is 8.91. The summed E-state index contributed by atoms with van der Waals surface area (Å²) in [5.41, 5.74) is 0.953. The summed E-state index contributed by atoms with van der Waals surface area (Å²) in [5.74, 6) is 0.893. The largest absolute Gasteiger partial charge is 0.372 e. The zero-order valence-corrected chi connectivity index (χ0v) is 13.7. The Balaban J connectivity index is 1.58. The van der Waals surface area contributed by atoms with E-state index in [1.54, 1.807) is 0 Å². The first-order valence-electron chi connectivity index (χ1n) is 7.92. The van der Waals surface area contributed by atoms with Crippen molar-refractivity contribution in [3.63, 3.8) is 0 Å². The van der Waals surface area contributed by atoms with Crippen molar-refractivity contribution in [2.24, 2.45) is 0 Å². The van der Waals surface area contributed by atoms with Crippen LogP contribution >= 0.6 is 11.6 Å². The summed E-state index contributed by atoms with van der Waals surface area (Å²) in [6, 6.07) is 2.06. The molecule has 5 rings (SSSR count). The third-order valence-corrected chi connectivity index (χ3v) is 4.83. The molecular formula is C15H21ClN4O2. The van der Waals surface area contributed by atoms with Gasteiger partial charge in [-0.2, -0.15) is 0 Å². The first kappa shape index (κ1) is 14.5. The lowest BCUT2D eigenvalue weighted by Crippen LogP contribution is -2.57. The lowest BCUT2D eigenvalue weighted by Gasteiger charge is -2.47. The third-order valence-electron chi connectivity index (χ3n) is 4.56. The zero-order chi connectivity index (χ0) is 15.3. The Hall–Kier alpha value is -1.11. The first-order valence-corrected chi connectivity index (χ1v) is 8.30. The molecule has 1 aromatic heterocycles. The number of hydrogen-bond acceptors (Lipinski definition) is 6. The van der Waals surface area contributed by atoms with E-state index >= 15 is 0 Å². The van der Waals surface area contributed by atoms with E-state index in [1.165, 1.54) is 6.42 Å². The summed E-state index contributed by atoms with van der Waals surface area (Å²) in [6.07, 6.45) is 2.24. The van der Waals surface area contributed by atoms with Crippen LogP contribution in [0.1, 0.15) is 20.3 Å². The standard InChI is InChI=1S/C15H21ClN4O2/c1-9-5-19(6-10(2)21-9)13-4-14(17-18-15(13)16)20-7-11-3-12(8-20)22-11/h4,9-12H,3,5-8H2,1-2H3. The fourth-order valence-corrected chi connectivity index (χ4v) is 3.86. The van der Waals surface area contributed by atoms with Crippen molar-refractivity contribution in [2.75, 3.05) is 36.0 Å². The van der Waals surface area contributed by atoms with Gasteiger partial charge in [0.05, 0.1) is 30.1 Å². The summed E-state index contributed by atoms with van der Waals surface area (Å²) in [6.45, 7) is 7.60. The number of anilines is 2. The minimum atomic E-state index is 0.187. The second-order valence-corrected chi connectivity index (χ2v) is 6.92. The van der Waals surface area contributed by atoms with Gasteiger partial charge in [0.15, 0.2) is 11.0 Å². The molecule has 4 aliphatic heterocycles. The number of morpholine rings is 2. The van der Waals surface area contributed by atoms with Crippen molar-refractivity contribution in [3.8, 4) is 0 Å². The van der Waals surface area contributed by atoms with Gasteiger partial charge < -0.3 is 19.3 Å². The number of hydrogen-bond donors (Lipinski definition) is 0. The van der Waals surface area contributed by atoms with Crippen LogP contribution in [0.25, 0.3) is 0 Å². The Morgan fingerprint density at radius 2 is 1.64 bits per heavy atom. The van der Waals surface area contributed by atoms with Crippen LogP contribution in [-0.2, 0) is 9.47 Å². The van der Waals surface area contributed by atoms with Crippen molar-refractivity contribution in [1.29, 1.82) is 0 Å². The molecule has 6 nitrogen and oxygen atoms in total. The second-order valence-electron chi connectivity index (χ2n) is 6.56. The maximum atomic E-state index is 6.30. The molecule has 0 spiro atoms. The predicted molar refractivity (Wildman–Crippen MR) is 84.8 cm³/mol. The van der Waals surface area contributed by atoms with Gasteiger partial charge in [-0.3, -0.25) is 0 Å². The molecule has 4 aliphatic rings. The number of halogens is 1. The number of nitrogens with zero attached hydrogens (tertiary/aromatic N) is 4. The highest BCUT2D eigenvalue weighted by atomic mass is 35.5. The quantitative estimate of drug-likeness (QED) is 0.825. The molecule has 0 aliphatic carbocycles. The highest BCUT2D eigenvalue weighted by Crippen LogP contribution is 2.33. The Labute approximate surface area is 135 Å². The topological polar surface area (TPSA) is 50.7 Å². The summed E-state index contributed by atoms with van der Waals surface area (Å²) >= 11 is 6.30. The average Bonchev–Trinajstić information content (AvgIpc) is 2.46. The van der Waals surface area contributed by atoms with Crippen molar-refractivity contribution in [1.82, 2.24) is 10.2 Å². The molecule has 0 amide bonds. The second kappa shape index (κ2) is 5.51. The van der Waals surface area contributed by atoms with E-state index in [-0.39, 0.29) is 12.2 Å². The highest BCUT2D eigenvalue weighted by Gasteiger charge is 2.39. The van der Waals surface area contributed by atoms with Gasteiger partial charge >= 0.3 is 0 Å². The van der Waals surface area contributed by atoms with Crippen LogP contribution in [0.15, 0.2) is 6.07 Å². The molecule has 0 aromatic carbocycles. The van der Waals surface area contributed by atoms with Crippen LogP contribution in [0.2, 0.25) is 5.15 Å². The van der Waals surface area contributed by atoms with Crippen LogP contribution in [0.5, 0.6) is 0 Å². The summed E-state index contributed by atoms with van der Waals surface area (Å²) < 4.78 is 11.5. The van der Waals surface area contributed by atoms with Crippen molar-refractivity contribution < 1.29 is 9.47 Å².